The average molecular weight is 227 g/mol. The molecule has 2 rings (SSSR count). The number of aryl methyl sites for hydroxylation is 3. The zero-order valence-electron chi connectivity index (χ0n) is 10.8. The molecule has 0 amide bonds. The predicted octanol–water partition coefficient (Wildman–Crippen LogP) is 4.67. The number of hydrogen-bond acceptors (Lipinski definition) is 0. The van der Waals surface area contributed by atoms with E-state index in [-0.39, 0.29) is 5.75 Å². The van der Waals surface area contributed by atoms with Crippen LogP contribution in [0, 0.1) is 0 Å². The lowest BCUT2D eigenvalue weighted by molar-refractivity contribution is 0.356. The highest BCUT2D eigenvalue weighted by Crippen LogP contribution is 2.33. The third-order valence-electron chi connectivity index (χ3n) is 3.48. The first-order valence-electron chi connectivity index (χ1n) is 6.45. The molecule has 1 nitrogen and oxygen atoms in total. The summed E-state index contributed by atoms with van der Waals surface area (Å²) in [5.74, 6) is 0.218. The van der Waals surface area contributed by atoms with Crippen LogP contribution in [-0.4, -0.2) is 0 Å². The summed E-state index contributed by atoms with van der Waals surface area (Å²) in [6.45, 7) is 6.31. The molecule has 0 saturated heterocycles. The first-order chi connectivity index (χ1) is 8.21. The van der Waals surface area contributed by atoms with E-state index in [9.17, 15) is 5.11 Å². The molecule has 17 heavy (non-hydrogen) atoms. The van der Waals surface area contributed by atoms with Crippen LogP contribution >= 0.6 is 0 Å². The van der Waals surface area contributed by atoms with Gasteiger partial charge in [0.2, 0.25) is 0 Å². The summed E-state index contributed by atoms with van der Waals surface area (Å²) >= 11 is 0. The van der Waals surface area contributed by atoms with E-state index >= 15 is 0 Å². The topological polar surface area (TPSA) is 19.9 Å². The van der Waals surface area contributed by atoms with Crippen LogP contribution in [-0.2, 0) is 24.4 Å². The van der Waals surface area contributed by atoms with Gasteiger partial charge >= 0.3 is 0 Å². The number of rotatable bonds is 3. The lowest BCUT2D eigenvalue weighted by Gasteiger charge is -2.10. The van der Waals surface area contributed by atoms with Gasteiger partial charge < -0.3 is 0 Å². The minimum Gasteiger partial charge on any atom is -0.289 e. The van der Waals surface area contributed by atoms with Gasteiger partial charge in [0.25, 0.3) is 0 Å². The maximum Gasteiger partial charge on any atom is 0.189 e. The molecule has 2 aromatic carbocycles. The number of fused-ring (bicyclic) bond motifs is 1. The first kappa shape index (κ1) is 12.0. The highest BCUT2D eigenvalue weighted by molar-refractivity contribution is 5.92. The molecule has 0 aliphatic carbocycles. The second kappa shape index (κ2) is 4.79. The molecule has 0 saturated carbocycles. The van der Waals surface area contributed by atoms with Gasteiger partial charge in [-0.05, 0) is 47.4 Å². The molecular weight excluding hydrogens is 208 g/mol. The van der Waals surface area contributed by atoms with Crippen molar-refractivity contribution in [2.24, 2.45) is 0 Å². The highest BCUT2D eigenvalue weighted by Gasteiger charge is 2.10. The second-order valence-corrected chi connectivity index (χ2v) is 4.46. The van der Waals surface area contributed by atoms with Crippen LogP contribution < -0.4 is 0 Å². The van der Waals surface area contributed by atoms with Gasteiger partial charge in [-0.1, -0.05) is 39.0 Å². The van der Waals surface area contributed by atoms with Crippen LogP contribution in [0.5, 0.6) is 5.75 Å². The quantitative estimate of drug-likeness (QED) is 0.726. The van der Waals surface area contributed by atoms with Crippen molar-refractivity contribution >= 4 is 10.8 Å². The van der Waals surface area contributed by atoms with Crippen LogP contribution in [0.3, 0.4) is 0 Å². The molecule has 2 aromatic rings. The van der Waals surface area contributed by atoms with E-state index in [4.69, 9.17) is 0 Å². The maximum atomic E-state index is 12.3. The Bertz CT molecular complexity index is 541. The third-order valence-corrected chi connectivity index (χ3v) is 3.48. The summed E-state index contributed by atoms with van der Waals surface area (Å²) in [4.78, 5) is 0. The molecule has 0 heterocycles. The molecule has 0 aliphatic rings. The minimum atomic E-state index is 0.218. The van der Waals surface area contributed by atoms with Crippen LogP contribution in [0.25, 0.3) is 10.8 Å². The SMILES string of the molecule is CCc1cc(CC)c2ccc(CC)c([O])c2c1. The maximum absolute atomic E-state index is 12.3. The van der Waals surface area contributed by atoms with Gasteiger partial charge in [-0.3, -0.25) is 5.11 Å². The molecule has 0 spiro atoms. The van der Waals surface area contributed by atoms with Crippen molar-refractivity contribution in [1.82, 2.24) is 0 Å². The standard InChI is InChI=1S/C16H19O/c1-4-11-9-13(6-3)14-8-7-12(5-2)16(17)15(14)10-11/h7-10H,4-6H2,1-3H3. The third kappa shape index (κ3) is 2.02. The van der Waals surface area contributed by atoms with E-state index in [0.717, 1.165) is 35.6 Å². The smallest absolute Gasteiger partial charge is 0.189 e. The Balaban J connectivity index is 2.80. The zero-order valence-corrected chi connectivity index (χ0v) is 10.8. The molecule has 0 aliphatic heterocycles. The monoisotopic (exact) mass is 227 g/mol. The normalized spacial score (nSPS) is 11.0. The van der Waals surface area contributed by atoms with E-state index in [1.54, 1.807) is 0 Å². The average Bonchev–Trinajstić information content (AvgIpc) is 2.38. The largest absolute Gasteiger partial charge is 0.289 e. The van der Waals surface area contributed by atoms with Crippen molar-refractivity contribution in [2.75, 3.05) is 0 Å². The summed E-state index contributed by atoms with van der Waals surface area (Å²) in [7, 11) is 0. The van der Waals surface area contributed by atoms with Gasteiger partial charge in [-0.25, -0.2) is 0 Å². The Morgan fingerprint density at radius 1 is 0.824 bits per heavy atom. The predicted molar refractivity (Wildman–Crippen MR) is 72.2 cm³/mol. The van der Waals surface area contributed by atoms with E-state index in [1.165, 1.54) is 11.1 Å². The van der Waals surface area contributed by atoms with Crippen molar-refractivity contribution in [3.8, 4) is 5.75 Å². The van der Waals surface area contributed by atoms with Gasteiger partial charge in [0.15, 0.2) is 5.75 Å². The van der Waals surface area contributed by atoms with Crippen molar-refractivity contribution in [3.63, 3.8) is 0 Å². The van der Waals surface area contributed by atoms with Crippen molar-refractivity contribution in [2.45, 2.75) is 40.0 Å². The fraction of sp³-hybridized carbons (Fsp3) is 0.375. The molecule has 0 N–H and O–H groups in total. The van der Waals surface area contributed by atoms with Crippen LogP contribution in [0.2, 0.25) is 0 Å². The highest BCUT2D eigenvalue weighted by atomic mass is 16.3. The van der Waals surface area contributed by atoms with Gasteiger partial charge in [0, 0.05) is 5.39 Å². The van der Waals surface area contributed by atoms with Crippen molar-refractivity contribution < 1.29 is 5.11 Å². The first-order valence-corrected chi connectivity index (χ1v) is 6.45. The van der Waals surface area contributed by atoms with E-state index in [1.807, 2.05) is 13.0 Å². The molecule has 0 aromatic heterocycles. The molecule has 0 fully saturated rings. The number of benzene rings is 2. The fourth-order valence-corrected chi connectivity index (χ4v) is 2.37. The molecule has 0 atom stereocenters. The molecule has 89 valence electrons. The van der Waals surface area contributed by atoms with Crippen molar-refractivity contribution in [1.29, 1.82) is 0 Å². The summed E-state index contributed by atoms with van der Waals surface area (Å²) < 4.78 is 0. The Hall–Kier alpha value is -1.50. The summed E-state index contributed by atoms with van der Waals surface area (Å²) in [5, 5.41) is 14.3. The molecular formula is C16H19O. The summed E-state index contributed by atoms with van der Waals surface area (Å²) in [6.07, 6.45) is 2.78. The van der Waals surface area contributed by atoms with Gasteiger partial charge in [0.1, 0.15) is 0 Å². The molecule has 0 unspecified atom stereocenters. The zero-order chi connectivity index (χ0) is 12.4. The molecule has 0 bridgehead atoms. The number of hydrogen-bond donors (Lipinski definition) is 0. The van der Waals surface area contributed by atoms with Gasteiger partial charge in [0.05, 0.1) is 0 Å². The Morgan fingerprint density at radius 2 is 1.53 bits per heavy atom. The van der Waals surface area contributed by atoms with E-state index in [0.29, 0.717) is 0 Å². The van der Waals surface area contributed by atoms with Crippen LogP contribution in [0.15, 0.2) is 24.3 Å². The molecule has 1 radical (unpaired) electrons. The van der Waals surface area contributed by atoms with Crippen LogP contribution in [0.4, 0.5) is 0 Å². The van der Waals surface area contributed by atoms with Gasteiger partial charge in [-0.15, -0.1) is 0 Å². The lowest BCUT2D eigenvalue weighted by Crippen LogP contribution is -1.91. The lowest BCUT2D eigenvalue weighted by atomic mass is 9.95. The Kier molecular flexibility index (Phi) is 3.37. The second-order valence-electron chi connectivity index (χ2n) is 4.46. The van der Waals surface area contributed by atoms with Gasteiger partial charge in [-0.2, -0.15) is 0 Å². The van der Waals surface area contributed by atoms with E-state index < -0.39 is 0 Å². The van der Waals surface area contributed by atoms with Crippen molar-refractivity contribution in [3.05, 3.63) is 41.0 Å². The van der Waals surface area contributed by atoms with Crippen LogP contribution in [0.1, 0.15) is 37.5 Å². The minimum absolute atomic E-state index is 0.218. The summed E-state index contributed by atoms with van der Waals surface area (Å²) in [6, 6.07) is 8.38. The summed E-state index contributed by atoms with van der Waals surface area (Å²) in [5.41, 5.74) is 3.48. The fourth-order valence-electron chi connectivity index (χ4n) is 2.37. The Morgan fingerprint density at radius 3 is 2.12 bits per heavy atom. The van der Waals surface area contributed by atoms with E-state index in [2.05, 4.69) is 32.0 Å². The Labute approximate surface area is 103 Å². The molecule has 1 heteroatoms.